The average Bonchev–Trinajstić information content (AvgIpc) is 2.88. The van der Waals surface area contributed by atoms with Crippen molar-refractivity contribution in [3.8, 4) is 0 Å². The van der Waals surface area contributed by atoms with Gasteiger partial charge < -0.3 is 18.9 Å². The smallest absolute Gasteiger partial charge is 0.333 e. The molecule has 224 valence electrons. The largest absolute Gasteiger partial charge is 0.460 e. The number of benzene rings is 2. The molecule has 6 nitrogen and oxygen atoms in total. The van der Waals surface area contributed by atoms with Crippen LogP contribution in [0.4, 0.5) is 0 Å². The Morgan fingerprint density at radius 1 is 0.683 bits per heavy atom. The second kappa shape index (κ2) is 18.5. The molecule has 2 aromatic carbocycles. The van der Waals surface area contributed by atoms with Crippen LogP contribution in [0.2, 0.25) is 0 Å². The zero-order valence-electron chi connectivity index (χ0n) is 22.9. The Kier molecular flexibility index (Phi) is 16.7. The lowest BCUT2D eigenvalue weighted by Crippen LogP contribution is -2.13. The molecule has 41 heavy (non-hydrogen) atoms. The molecule has 0 saturated carbocycles. The lowest BCUT2D eigenvalue weighted by atomic mass is 10.4. The average molecular weight is 878 g/mol. The summed E-state index contributed by atoms with van der Waals surface area (Å²) in [7, 11) is 0. The maximum absolute atomic E-state index is 11.5. The van der Waals surface area contributed by atoms with E-state index in [0.29, 0.717) is 24.4 Å². The Labute approximate surface area is 288 Å². The van der Waals surface area contributed by atoms with Crippen molar-refractivity contribution in [2.75, 3.05) is 26.4 Å². The van der Waals surface area contributed by atoms with Gasteiger partial charge in [0.15, 0.2) is 0 Å². The van der Waals surface area contributed by atoms with Gasteiger partial charge in [-0.25, -0.2) is 9.59 Å². The lowest BCUT2D eigenvalue weighted by molar-refractivity contribution is -0.141. The van der Waals surface area contributed by atoms with E-state index >= 15 is 0 Å². The van der Waals surface area contributed by atoms with Crippen molar-refractivity contribution in [2.24, 2.45) is 0 Å². The van der Waals surface area contributed by atoms with E-state index in [1.54, 1.807) is 49.1 Å². The number of hydrogen-bond acceptors (Lipinski definition) is 9. The van der Waals surface area contributed by atoms with Gasteiger partial charge in [-0.2, -0.15) is 0 Å². The first-order valence-electron chi connectivity index (χ1n) is 12.2. The molecule has 0 aromatic heterocycles. The first-order chi connectivity index (χ1) is 19.3. The topological polar surface area (TPSA) is 71.1 Å². The molecule has 0 spiro atoms. The van der Waals surface area contributed by atoms with E-state index in [9.17, 15) is 9.59 Å². The minimum absolute atomic E-state index is 0.153. The molecule has 0 fully saturated rings. The molecule has 0 bridgehead atoms. The number of rotatable bonds is 16. The first-order valence-corrected chi connectivity index (χ1v) is 17.9. The summed E-state index contributed by atoms with van der Waals surface area (Å²) in [5.41, 5.74) is 0.424. The van der Waals surface area contributed by atoms with E-state index < -0.39 is 11.9 Å². The number of halogens is 4. The summed E-state index contributed by atoms with van der Waals surface area (Å²) in [5, 5.41) is 0. The molecule has 0 aliphatic carbocycles. The van der Waals surface area contributed by atoms with E-state index in [2.05, 4.69) is 101 Å². The molecule has 2 unspecified atom stereocenters. The van der Waals surface area contributed by atoms with Crippen LogP contribution in [-0.4, -0.2) is 49.2 Å². The highest BCUT2D eigenvalue weighted by molar-refractivity contribution is 9.11. The standard InChI is InChI=1S/C28H30Br4O6S3/c1-15(2)27(33)37-9-7-35-17(5)39-25-21(29)11-19(12-22(25)30)41-20-13-23(31)26(24(32)14-20)40-18(6)36-8-10-38-28(34)16(3)4/h11-14,17-18H,1,3,7-10H2,2,4-6H3. The predicted octanol–water partition coefficient (Wildman–Crippen LogP) is 10.0. The molecule has 2 atom stereocenters. The van der Waals surface area contributed by atoms with Crippen LogP contribution in [0, 0.1) is 0 Å². The lowest BCUT2D eigenvalue weighted by Gasteiger charge is -2.17. The SMILES string of the molecule is C=C(C)C(=O)OCCOC(C)Sc1c(Br)cc(Sc2cc(Br)c(SC(C)OCCOC(=O)C(=C)C)c(Br)c2)cc1Br. The van der Waals surface area contributed by atoms with E-state index in [1.165, 1.54) is 0 Å². The van der Waals surface area contributed by atoms with Gasteiger partial charge in [0, 0.05) is 48.6 Å². The maximum atomic E-state index is 11.5. The van der Waals surface area contributed by atoms with Crippen molar-refractivity contribution in [1.82, 2.24) is 0 Å². The van der Waals surface area contributed by atoms with E-state index in [-0.39, 0.29) is 24.1 Å². The third-order valence-electron chi connectivity index (χ3n) is 4.78. The normalized spacial score (nSPS) is 12.5. The molecule has 0 aliphatic heterocycles. The van der Waals surface area contributed by atoms with Crippen molar-refractivity contribution in [2.45, 2.75) is 58.1 Å². The molecular weight excluding hydrogens is 848 g/mol. The number of carbonyl (C=O) groups excluding carboxylic acids is 2. The van der Waals surface area contributed by atoms with E-state index in [0.717, 1.165) is 37.5 Å². The van der Waals surface area contributed by atoms with Gasteiger partial charge >= 0.3 is 11.9 Å². The highest BCUT2D eigenvalue weighted by Crippen LogP contribution is 2.44. The van der Waals surface area contributed by atoms with Crippen LogP contribution in [0.25, 0.3) is 0 Å². The van der Waals surface area contributed by atoms with Crippen molar-refractivity contribution in [1.29, 1.82) is 0 Å². The summed E-state index contributed by atoms with van der Waals surface area (Å²) < 4.78 is 25.5. The van der Waals surface area contributed by atoms with Crippen molar-refractivity contribution in [3.05, 3.63) is 66.5 Å². The zero-order valence-corrected chi connectivity index (χ0v) is 31.7. The Bertz CT molecular complexity index is 1130. The van der Waals surface area contributed by atoms with Crippen LogP contribution in [-0.2, 0) is 28.5 Å². The van der Waals surface area contributed by atoms with Crippen molar-refractivity contribution < 1.29 is 28.5 Å². The summed E-state index contributed by atoms with van der Waals surface area (Å²) in [6.45, 7) is 15.2. The second-order valence-electron chi connectivity index (χ2n) is 8.48. The molecule has 0 amide bonds. The van der Waals surface area contributed by atoms with Gasteiger partial charge in [0.05, 0.1) is 13.2 Å². The van der Waals surface area contributed by atoms with E-state index in [1.807, 2.05) is 13.8 Å². The molecule has 0 radical (unpaired) electrons. The Morgan fingerprint density at radius 3 is 1.29 bits per heavy atom. The fourth-order valence-electron chi connectivity index (χ4n) is 2.90. The number of esters is 2. The molecule has 0 N–H and O–H groups in total. The molecule has 2 rings (SSSR count). The van der Waals surface area contributed by atoms with Crippen LogP contribution in [0.3, 0.4) is 0 Å². The Hall–Kier alpha value is -0.250. The molecule has 0 heterocycles. The summed E-state index contributed by atoms with van der Waals surface area (Å²) in [4.78, 5) is 27.1. The fourth-order valence-corrected chi connectivity index (χ4v) is 9.65. The molecule has 0 aliphatic rings. The second-order valence-corrected chi connectivity index (χ2v) is 15.7. The molecule has 2 aromatic rings. The number of carbonyl (C=O) groups is 2. The Balaban J connectivity index is 1.95. The van der Waals surface area contributed by atoms with Crippen LogP contribution >= 0.6 is 99.0 Å². The number of hydrogen-bond donors (Lipinski definition) is 0. The summed E-state index contributed by atoms with van der Waals surface area (Å²) in [5.74, 6) is -0.835. The molecular formula is C28H30Br4O6S3. The monoisotopic (exact) mass is 874 g/mol. The number of thioether (sulfide) groups is 2. The van der Waals surface area contributed by atoms with Gasteiger partial charge in [-0.05, 0) is 116 Å². The van der Waals surface area contributed by atoms with Crippen LogP contribution in [0.15, 0.2) is 86.0 Å². The summed E-state index contributed by atoms with van der Waals surface area (Å²) in [6, 6.07) is 8.28. The van der Waals surface area contributed by atoms with Crippen molar-refractivity contribution >= 4 is 111 Å². The van der Waals surface area contributed by atoms with Crippen molar-refractivity contribution in [3.63, 3.8) is 0 Å². The van der Waals surface area contributed by atoms with Gasteiger partial charge in [0.1, 0.15) is 24.1 Å². The third-order valence-corrected chi connectivity index (χ3v) is 11.6. The fraction of sp³-hybridized carbons (Fsp3) is 0.357. The number of ether oxygens (including phenoxy) is 4. The summed E-state index contributed by atoms with van der Waals surface area (Å²) >= 11 is 19.5. The predicted molar refractivity (Wildman–Crippen MR) is 182 cm³/mol. The summed E-state index contributed by atoms with van der Waals surface area (Å²) in [6.07, 6.45) is 0. The van der Waals surface area contributed by atoms with Gasteiger partial charge in [0.25, 0.3) is 0 Å². The van der Waals surface area contributed by atoms with Gasteiger partial charge in [0.2, 0.25) is 0 Å². The van der Waals surface area contributed by atoms with Gasteiger partial charge in [-0.3, -0.25) is 0 Å². The minimum atomic E-state index is -0.417. The van der Waals surface area contributed by atoms with Crippen LogP contribution in [0.1, 0.15) is 27.7 Å². The van der Waals surface area contributed by atoms with Crippen LogP contribution < -0.4 is 0 Å². The maximum Gasteiger partial charge on any atom is 0.333 e. The highest BCUT2D eigenvalue weighted by atomic mass is 79.9. The first kappa shape index (κ1) is 36.9. The minimum Gasteiger partial charge on any atom is -0.460 e. The zero-order chi connectivity index (χ0) is 30.7. The molecule has 0 saturated heterocycles. The molecule has 13 heteroatoms. The van der Waals surface area contributed by atoms with E-state index in [4.69, 9.17) is 18.9 Å². The van der Waals surface area contributed by atoms with Gasteiger partial charge in [-0.1, -0.05) is 48.4 Å². The highest BCUT2D eigenvalue weighted by Gasteiger charge is 2.17. The van der Waals surface area contributed by atoms with Gasteiger partial charge in [-0.15, -0.1) is 0 Å². The Morgan fingerprint density at radius 2 is 1.00 bits per heavy atom. The third kappa shape index (κ3) is 13.1. The van der Waals surface area contributed by atoms with Crippen LogP contribution in [0.5, 0.6) is 0 Å². The quantitative estimate of drug-likeness (QED) is 0.0539.